The Balaban J connectivity index is 1.75. The van der Waals surface area contributed by atoms with Gasteiger partial charge in [0.15, 0.2) is 0 Å². The summed E-state index contributed by atoms with van der Waals surface area (Å²) in [6.07, 6.45) is 18.8. The number of para-hydroxylation sites is 1. The zero-order valence-corrected chi connectivity index (χ0v) is 16.1. The predicted octanol–water partition coefficient (Wildman–Crippen LogP) is 6.43. The molecule has 2 rings (SSSR count). The van der Waals surface area contributed by atoms with Crippen LogP contribution in [0.4, 0.5) is 5.69 Å². The number of hydrogen-bond acceptors (Lipinski definition) is 2. The minimum atomic E-state index is -0.209. The van der Waals surface area contributed by atoms with Crippen molar-refractivity contribution < 1.29 is 4.74 Å². The first-order valence-corrected chi connectivity index (χ1v) is 10.0. The van der Waals surface area contributed by atoms with Crippen LogP contribution >= 0.6 is 0 Å². The van der Waals surface area contributed by atoms with Crippen LogP contribution in [0.3, 0.4) is 0 Å². The number of benzene rings is 1. The highest BCUT2D eigenvalue weighted by molar-refractivity contribution is 5.50. The lowest BCUT2D eigenvalue weighted by atomic mass is 9.94. The number of allylic oxidation sites excluding steroid dienone is 2. The van der Waals surface area contributed by atoms with Gasteiger partial charge in [0.2, 0.25) is 0 Å². The van der Waals surface area contributed by atoms with E-state index in [0.717, 1.165) is 26.0 Å². The molecule has 1 unspecified atom stereocenters. The normalized spacial score (nSPS) is 19.3. The van der Waals surface area contributed by atoms with E-state index < -0.39 is 0 Å². The average molecular weight is 342 g/mol. The molecule has 0 fully saturated rings. The van der Waals surface area contributed by atoms with Gasteiger partial charge in [0.05, 0.1) is 0 Å². The molecule has 1 aliphatic carbocycles. The maximum atomic E-state index is 6.36. The SMILES string of the molecule is CCCCCCCCCOC1(CNc2ccccc2C)C=CC=CC1. The van der Waals surface area contributed by atoms with Crippen LogP contribution in [-0.4, -0.2) is 18.8 Å². The van der Waals surface area contributed by atoms with E-state index in [1.54, 1.807) is 0 Å². The standard InChI is InChI=1S/C23H35NO/c1-3-4-5-6-7-8-14-19-25-23(17-12-9-13-18-23)20-24-22-16-11-10-15-21(22)2/h9-13,15-17,24H,3-8,14,18-20H2,1-2H3. The minimum absolute atomic E-state index is 0.209. The van der Waals surface area contributed by atoms with Crippen molar-refractivity contribution in [1.82, 2.24) is 0 Å². The Bertz CT molecular complexity index is 549. The molecule has 1 atom stereocenters. The molecular weight excluding hydrogens is 306 g/mol. The van der Waals surface area contributed by atoms with Crippen LogP contribution in [-0.2, 0) is 4.74 Å². The summed E-state index contributed by atoms with van der Waals surface area (Å²) in [6.45, 7) is 6.08. The molecule has 2 heteroatoms. The van der Waals surface area contributed by atoms with Crippen molar-refractivity contribution in [2.45, 2.75) is 70.8 Å². The van der Waals surface area contributed by atoms with E-state index in [9.17, 15) is 0 Å². The molecular formula is C23H35NO. The highest BCUT2D eigenvalue weighted by atomic mass is 16.5. The molecule has 1 aromatic carbocycles. The van der Waals surface area contributed by atoms with Gasteiger partial charge in [-0.25, -0.2) is 0 Å². The molecule has 1 aliphatic rings. The van der Waals surface area contributed by atoms with Crippen LogP contribution in [0.5, 0.6) is 0 Å². The first-order valence-electron chi connectivity index (χ1n) is 10.0. The fourth-order valence-electron chi connectivity index (χ4n) is 3.28. The van der Waals surface area contributed by atoms with Crippen molar-refractivity contribution in [2.75, 3.05) is 18.5 Å². The molecule has 0 aliphatic heterocycles. The van der Waals surface area contributed by atoms with Crippen LogP contribution in [0.15, 0.2) is 48.6 Å². The highest BCUT2D eigenvalue weighted by Crippen LogP contribution is 2.25. The monoisotopic (exact) mass is 341 g/mol. The van der Waals surface area contributed by atoms with Gasteiger partial charge in [-0.3, -0.25) is 0 Å². The van der Waals surface area contributed by atoms with Gasteiger partial charge in [-0.2, -0.15) is 0 Å². The van der Waals surface area contributed by atoms with Crippen LogP contribution < -0.4 is 5.32 Å². The number of rotatable bonds is 12. The second kappa shape index (κ2) is 11.1. The van der Waals surface area contributed by atoms with Crippen LogP contribution in [0.1, 0.15) is 63.9 Å². The van der Waals surface area contributed by atoms with Gasteiger partial charge in [-0.15, -0.1) is 0 Å². The van der Waals surface area contributed by atoms with Crippen LogP contribution in [0.2, 0.25) is 0 Å². The number of hydrogen-bond donors (Lipinski definition) is 1. The lowest BCUT2D eigenvalue weighted by Crippen LogP contribution is -2.39. The number of nitrogens with one attached hydrogen (secondary N) is 1. The van der Waals surface area contributed by atoms with Crippen LogP contribution in [0.25, 0.3) is 0 Å². The minimum Gasteiger partial charge on any atom is -0.382 e. The first-order chi connectivity index (χ1) is 12.3. The summed E-state index contributed by atoms with van der Waals surface area (Å²) in [7, 11) is 0. The first kappa shape index (κ1) is 19.8. The third kappa shape index (κ3) is 7.07. The van der Waals surface area contributed by atoms with E-state index in [1.165, 1.54) is 49.8 Å². The molecule has 1 aromatic rings. The molecule has 0 saturated carbocycles. The zero-order valence-electron chi connectivity index (χ0n) is 16.1. The molecule has 25 heavy (non-hydrogen) atoms. The van der Waals surface area contributed by atoms with Crippen molar-refractivity contribution in [3.8, 4) is 0 Å². The van der Waals surface area contributed by atoms with Gasteiger partial charge in [0.1, 0.15) is 5.60 Å². The Labute approximate surface area is 154 Å². The lowest BCUT2D eigenvalue weighted by Gasteiger charge is -2.32. The highest BCUT2D eigenvalue weighted by Gasteiger charge is 2.27. The van der Waals surface area contributed by atoms with E-state index in [-0.39, 0.29) is 5.60 Å². The second-order valence-electron chi connectivity index (χ2n) is 7.19. The topological polar surface area (TPSA) is 21.3 Å². The third-order valence-electron chi connectivity index (χ3n) is 4.97. The molecule has 0 radical (unpaired) electrons. The molecule has 0 bridgehead atoms. The fraction of sp³-hybridized carbons (Fsp3) is 0.565. The van der Waals surface area contributed by atoms with Crippen molar-refractivity contribution in [3.05, 3.63) is 54.1 Å². The number of unbranched alkanes of at least 4 members (excludes halogenated alkanes) is 6. The van der Waals surface area contributed by atoms with E-state index in [4.69, 9.17) is 4.74 Å². The summed E-state index contributed by atoms with van der Waals surface area (Å²) >= 11 is 0. The number of ether oxygens (including phenoxy) is 1. The van der Waals surface area contributed by atoms with Crippen molar-refractivity contribution in [2.24, 2.45) is 0 Å². The Morgan fingerprint density at radius 2 is 1.76 bits per heavy atom. The molecule has 138 valence electrons. The van der Waals surface area contributed by atoms with Crippen molar-refractivity contribution in [3.63, 3.8) is 0 Å². The Hall–Kier alpha value is -1.54. The van der Waals surface area contributed by atoms with E-state index in [2.05, 4.69) is 67.7 Å². The smallest absolute Gasteiger partial charge is 0.107 e. The van der Waals surface area contributed by atoms with Gasteiger partial charge < -0.3 is 10.1 Å². The summed E-state index contributed by atoms with van der Waals surface area (Å²) in [5.74, 6) is 0. The molecule has 0 spiro atoms. The fourth-order valence-corrected chi connectivity index (χ4v) is 3.28. The molecule has 0 amide bonds. The molecule has 0 heterocycles. The third-order valence-corrected chi connectivity index (χ3v) is 4.97. The molecule has 2 nitrogen and oxygen atoms in total. The Kier molecular flexibility index (Phi) is 8.82. The maximum Gasteiger partial charge on any atom is 0.107 e. The van der Waals surface area contributed by atoms with Gasteiger partial charge in [0, 0.05) is 25.3 Å². The summed E-state index contributed by atoms with van der Waals surface area (Å²) in [4.78, 5) is 0. The Morgan fingerprint density at radius 3 is 2.48 bits per heavy atom. The predicted molar refractivity (Wildman–Crippen MR) is 109 cm³/mol. The summed E-state index contributed by atoms with van der Waals surface area (Å²) < 4.78 is 6.36. The van der Waals surface area contributed by atoms with E-state index in [1.807, 2.05) is 0 Å². The van der Waals surface area contributed by atoms with Gasteiger partial charge >= 0.3 is 0 Å². The van der Waals surface area contributed by atoms with Crippen molar-refractivity contribution in [1.29, 1.82) is 0 Å². The average Bonchev–Trinajstić information content (AvgIpc) is 2.64. The quantitative estimate of drug-likeness (QED) is 0.442. The summed E-state index contributed by atoms with van der Waals surface area (Å²) in [5.41, 5.74) is 2.27. The summed E-state index contributed by atoms with van der Waals surface area (Å²) in [5, 5.41) is 3.59. The molecule has 0 aromatic heterocycles. The van der Waals surface area contributed by atoms with Gasteiger partial charge in [-0.05, 0) is 25.0 Å². The van der Waals surface area contributed by atoms with Gasteiger partial charge in [0.25, 0.3) is 0 Å². The van der Waals surface area contributed by atoms with E-state index >= 15 is 0 Å². The van der Waals surface area contributed by atoms with E-state index in [0.29, 0.717) is 0 Å². The van der Waals surface area contributed by atoms with Crippen molar-refractivity contribution >= 4 is 5.69 Å². The second-order valence-corrected chi connectivity index (χ2v) is 7.19. The van der Waals surface area contributed by atoms with Gasteiger partial charge in [-0.1, -0.05) is 88.0 Å². The molecule has 0 saturated heterocycles. The van der Waals surface area contributed by atoms with Crippen LogP contribution in [0, 0.1) is 6.92 Å². The number of aryl methyl sites for hydroxylation is 1. The lowest BCUT2D eigenvalue weighted by molar-refractivity contribution is 0.000595. The number of anilines is 1. The molecule has 1 N–H and O–H groups in total. The Morgan fingerprint density at radius 1 is 1.00 bits per heavy atom. The summed E-state index contributed by atoms with van der Waals surface area (Å²) in [6, 6.07) is 8.45. The largest absolute Gasteiger partial charge is 0.382 e. The maximum absolute atomic E-state index is 6.36. The zero-order chi connectivity index (χ0) is 17.8.